The predicted octanol–water partition coefficient (Wildman–Crippen LogP) is 1.22. The highest BCUT2D eigenvalue weighted by molar-refractivity contribution is 5.67. The Kier molecular flexibility index (Phi) is 6.02. The lowest BCUT2D eigenvalue weighted by atomic mass is 10.2. The van der Waals surface area contributed by atoms with Crippen LogP contribution in [0.5, 0.6) is 0 Å². The number of carboxylic acids is 1. The van der Waals surface area contributed by atoms with E-state index < -0.39 is 5.97 Å². The first-order valence-electron chi connectivity index (χ1n) is 7.58. The number of carbonyl (C=O) groups is 1. The molecule has 1 heterocycles. The highest BCUT2D eigenvalue weighted by Gasteiger charge is 2.15. The molecule has 1 aromatic rings. The molecule has 1 aliphatic heterocycles. The Labute approximate surface area is 126 Å². The summed E-state index contributed by atoms with van der Waals surface area (Å²) in [6.45, 7) is 6.84. The van der Waals surface area contributed by atoms with Crippen LogP contribution >= 0.6 is 0 Å². The van der Waals surface area contributed by atoms with Crippen LogP contribution in [0, 0.1) is 0 Å². The van der Waals surface area contributed by atoms with E-state index in [2.05, 4.69) is 21.7 Å². The van der Waals surface area contributed by atoms with Crippen molar-refractivity contribution in [1.82, 2.24) is 9.80 Å². The van der Waals surface area contributed by atoms with Crippen molar-refractivity contribution in [1.29, 1.82) is 0 Å². The maximum absolute atomic E-state index is 10.8. The summed E-state index contributed by atoms with van der Waals surface area (Å²) < 4.78 is 0. The summed E-state index contributed by atoms with van der Waals surface area (Å²) in [5.74, 6) is -0.740. The fourth-order valence-corrected chi connectivity index (χ4v) is 2.57. The number of para-hydroxylation sites is 1. The van der Waals surface area contributed by atoms with Crippen molar-refractivity contribution in [2.75, 3.05) is 57.8 Å². The first-order chi connectivity index (χ1) is 10.1. The lowest BCUT2D eigenvalue weighted by Crippen LogP contribution is -2.47. The van der Waals surface area contributed by atoms with Crippen LogP contribution in [0.2, 0.25) is 0 Å². The number of aliphatic carboxylic acids is 1. The number of rotatable bonds is 7. The van der Waals surface area contributed by atoms with E-state index in [0.717, 1.165) is 45.0 Å². The van der Waals surface area contributed by atoms with Gasteiger partial charge in [0.25, 0.3) is 0 Å². The van der Waals surface area contributed by atoms with E-state index in [4.69, 9.17) is 5.11 Å². The summed E-state index contributed by atoms with van der Waals surface area (Å²) in [7, 11) is 2.15. The molecule has 1 aromatic carbocycles. The highest BCUT2D eigenvalue weighted by atomic mass is 16.4. The Hall–Kier alpha value is -1.59. The topological polar surface area (TPSA) is 47.0 Å². The van der Waals surface area contributed by atoms with Crippen molar-refractivity contribution in [2.24, 2.45) is 0 Å². The average molecular weight is 291 g/mol. The standard InChI is InChI=1S/C16H25N3O2/c1-17-9-11-18(12-10-17)13-14-19(8-7-16(20)21)15-5-3-2-4-6-15/h2-6H,7-14H2,1H3,(H,20,21). The molecule has 0 unspecified atom stereocenters. The zero-order valence-corrected chi connectivity index (χ0v) is 12.7. The quantitative estimate of drug-likeness (QED) is 0.818. The van der Waals surface area contributed by atoms with Gasteiger partial charge in [-0.05, 0) is 19.2 Å². The van der Waals surface area contributed by atoms with Crippen LogP contribution in [0.1, 0.15) is 6.42 Å². The largest absolute Gasteiger partial charge is 0.481 e. The van der Waals surface area contributed by atoms with Crippen molar-refractivity contribution >= 4 is 11.7 Å². The lowest BCUT2D eigenvalue weighted by molar-refractivity contribution is -0.136. The number of likely N-dealkylation sites (N-methyl/N-ethyl adjacent to an activating group) is 1. The van der Waals surface area contributed by atoms with Gasteiger partial charge in [0.2, 0.25) is 0 Å². The van der Waals surface area contributed by atoms with Gasteiger partial charge in [-0.15, -0.1) is 0 Å². The molecule has 5 heteroatoms. The van der Waals surface area contributed by atoms with Gasteiger partial charge in [0.15, 0.2) is 0 Å². The van der Waals surface area contributed by atoms with Crippen LogP contribution in [0.15, 0.2) is 30.3 Å². The molecule has 0 spiro atoms. The molecule has 2 rings (SSSR count). The summed E-state index contributed by atoms with van der Waals surface area (Å²) >= 11 is 0. The van der Waals surface area contributed by atoms with Gasteiger partial charge in [0, 0.05) is 51.5 Å². The van der Waals surface area contributed by atoms with Crippen LogP contribution in [-0.4, -0.2) is 73.7 Å². The van der Waals surface area contributed by atoms with Crippen LogP contribution in [-0.2, 0) is 4.79 Å². The summed E-state index contributed by atoms with van der Waals surface area (Å²) in [5, 5.41) is 8.91. The van der Waals surface area contributed by atoms with Gasteiger partial charge in [0.1, 0.15) is 0 Å². The first kappa shape index (κ1) is 15.8. The Bertz CT molecular complexity index is 430. The SMILES string of the molecule is CN1CCN(CCN(CCC(=O)O)c2ccccc2)CC1. The molecule has 0 aliphatic carbocycles. The van der Waals surface area contributed by atoms with Crippen LogP contribution < -0.4 is 4.90 Å². The molecule has 116 valence electrons. The second-order valence-electron chi connectivity index (χ2n) is 5.61. The third-order valence-corrected chi connectivity index (χ3v) is 4.00. The number of hydrogen-bond acceptors (Lipinski definition) is 4. The zero-order chi connectivity index (χ0) is 15.1. The lowest BCUT2D eigenvalue weighted by Gasteiger charge is -2.34. The summed E-state index contributed by atoms with van der Waals surface area (Å²) in [4.78, 5) is 17.8. The minimum absolute atomic E-state index is 0.178. The molecule has 1 saturated heterocycles. The summed E-state index contributed by atoms with van der Waals surface area (Å²) in [6, 6.07) is 10.1. The second-order valence-corrected chi connectivity index (χ2v) is 5.61. The molecular formula is C16H25N3O2. The predicted molar refractivity (Wildman–Crippen MR) is 84.8 cm³/mol. The first-order valence-corrected chi connectivity index (χ1v) is 7.58. The molecule has 1 fully saturated rings. The van der Waals surface area contributed by atoms with E-state index in [0.29, 0.717) is 6.54 Å². The fourth-order valence-electron chi connectivity index (χ4n) is 2.57. The summed E-state index contributed by atoms with van der Waals surface area (Å²) in [5.41, 5.74) is 1.10. The normalized spacial score (nSPS) is 16.8. The van der Waals surface area contributed by atoms with Crippen LogP contribution in [0.25, 0.3) is 0 Å². The monoisotopic (exact) mass is 291 g/mol. The molecule has 0 amide bonds. The molecular weight excluding hydrogens is 266 g/mol. The molecule has 0 radical (unpaired) electrons. The van der Waals surface area contributed by atoms with Crippen molar-refractivity contribution in [2.45, 2.75) is 6.42 Å². The zero-order valence-electron chi connectivity index (χ0n) is 12.7. The summed E-state index contributed by atoms with van der Waals surface area (Å²) in [6.07, 6.45) is 0.178. The molecule has 1 N–H and O–H groups in total. The molecule has 0 atom stereocenters. The third-order valence-electron chi connectivity index (χ3n) is 4.00. The maximum Gasteiger partial charge on any atom is 0.305 e. The average Bonchev–Trinajstić information content (AvgIpc) is 2.50. The maximum atomic E-state index is 10.8. The van der Waals surface area contributed by atoms with E-state index in [1.165, 1.54) is 0 Å². The second kappa shape index (κ2) is 8.00. The third kappa shape index (κ3) is 5.36. The van der Waals surface area contributed by atoms with Gasteiger partial charge in [0.05, 0.1) is 6.42 Å². The number of nitrogens with zero attached hydrogens (tertiary/aromatic N) is 3. The van der Waals surface area contributed by atoms with Crippen molar-refractivity contribution < 1.29 is 9.90 Å². The van der Waals surface area contributed by atoms with Crippen molar-refractivity contribution in [3.05, 3.63) is 30.3 Å². The molecule has 1 aliphatic rings. The van der Waals surface area contributed by atoms with E-state index in [1.54, 1.807) is 0 Å². The van der Waals surface area contributed by atoms with Gasteiger partial charge in [-0.2, -0.15) is 0 Å². The van der Waals surface area contributed by atoms with Crippen LogP contribution in [0.4, 0.5) is 5.69 Å². The van der Waals surface area contributed by atoms with Gasteiger partial charge < -0.3 is 14.9 Å². The number of hydrogen-bond donors (Lipinski definition) is 1. The minimum atomic E-state index is -0.740. The van der Waals surface area contributed by atoms with Gasteiger partial charge in [-0.25, -0.2) is 0 Å². The molecule has 21 heavy (non-hydrogen) atoms. The van der Waals surface area contributed by atoms with Gasteiger partial charge in [-0.1, -0.05) is 18.2 Å². The molecule has 0 saturated carbocycles. The van der Waals surface area contributed by atoms with E-state index in [1.807, 2.05) is 30.3 Å². The Morgan fingerprint density at radius 3 is 2.43 bits per heavy atom. The smallest absolute Gasteiger partial charge is 0.305 e. The Morgan fingerprint density at radius 1 is 1.14 bits per heavy atom. The van der Waals surface area contributed by atoms with E-state index >= 15 is 0 Å². The number of anilines is 1. The van der Waals surface area contributed by atoms with Gasteiger partial charge >= 0.3 is 5.97 Å². The molecule has 0 aromatic heterocycles. The van der Waals surface area contributed by atoms with Crippen molar-refractivity contribution in [3.8, 4) is 0 Å². The van der Waals surface area contributed by atoms with Crippen LogP contribution in [0.3, 0.4) is 0 Å². The fraction of sp³-hybridized carbons (Fsp3) is 0.562. The number of piperazine rings is 1. The van der Waals surface area contributed by atoms with E-state index in [-0.39, 0.29) is 6.42 Å². The Balaban J connectivity index is 1.88. The minimum Gasteiger partial charge on any atom is -0.481 e. The molecule has 0 bridgehead atoms. The number of benzene rings is 1. The van der Waals surface area contributed by atoms with E-state index in [9.17, 15) is 4.79 Å². The van der Waals surface area contributed by atoms with Crippen molar-refractivity contribution in [3.63, 3.8) is 0 Å². The van der Waals surface area contributed by atoms with Gasteiger partial charge in [-0.3, -0.25) is 9.69 Å². The highest BCUT2D eigenvalue weighted by Crippen LogP contribution is 2.13. The Morgan fingerprint density at radius 2 is 1.81 bits per heavy atom. The number of carboxylic acid groups (broad SMARTS) is 1. The molecule has 5 nitrogen and oxygen atoms in total.